The van der Waals surface area contributed by atoms with Gasteiger partial charge in [-0.2, -0.15) is 0 Å². The standard InChI is InChI=1S/C17H26N2O4/c1-17(2,3)15(18)16(21)19-12-7-9-13(10-8-12)23-11-5-6-14(20)22-4/h7-10,15H,5-6,11,18H2,1-4H3,(H,19,21)/t15-/m1/s1. The van der Waals surface area contributed by atoms with E-state index < -0.39 is 6.04 Å². The predicted octanol–water partition coefficient (Wildman–Crippen LogP) is 2.33. The van der Waals surface area contributed by atoms with Crippen molar-refractivity contribution in [3.05, 3.63) is 24.3 Å². The summed E-state index contributed by atoms with van der Waals surface area (Å²) in [4.78, 5) is 23.0. The Bertz CT molecular complexity index is 520. The molecule has 0 aromatic heterocycles. The molecule has 1 rings (SSSR count). The Labute approximate surface area is 137 Å². The normalized spacial score (nSPS) is 12.4. The maximum Gasteiger partial charge on any atom is 0.305 e. The number of nitrogens with one attached hydrogen (secondary N) is 1. The van der Waals surface area contributed by atoms with Crippen molar-refractivity contribution in [3.63, 3.8) is 0 Å². The van der Waals surface area contributed by atoms with E-state index in [2.05, 4.69) is 10.1 Å². The zero-order valence-corrected chi connectivity index (χ0v) is 14.2. The first-order chi connectivity index (χ1) is 10.7. The summed E-state index contributed by atoms with van der Waals surface area (Å²) in [6.45, 7) is 6.18. The second-order valence-electron chi connectivity index (χ2n) is 6.39. The Kier molecular flexibility index (Phi) is 7.03. The van der Waals surface area contributed by atoms with E-state index in [1.54, 1.807) is 24.3 Å². The Hall–Kier alpha value is -2.08. The van der Waals surface area contributed by atoms with Crippen molar-refractivity contribution in [3.8, 4) is 5.75 Å². The average Bonchev–Trinajstić information content (AvgIpc) is 2.51. The molecule has 0 heterocycles. The first-order valence-electron chi connectivity index (χ1n) is 7.60. The third kappa shape index (κ3) is 6.69. The lowest BCUT2D eigenvalue weighted by Gasteiger charge is -2.25. The smallest absolute Gasteiger partial charge is 0.305 e. The molecule has 23 heavy (non-hydrogen) atoms. The molecule has 0 fully saturated rings. The zero-order chi connectivity index (χ0) is 17.5. The summed E-state index contributed by atoms with van der Waals surface area (Å²) in [7, 11) is 1.36. The number of hydrogen-bond acceptors (Lipinski definition) is 5. The summed E-state index contributed by atoms with van der Waals surface area (Å²) in [6, 6.07) is 6.44. The second-order valence-corrected chi connectivity index (χ2v) is 6.39. The van der Waals surface area contributed by atoms with Gasteiger partial charge in [-0.15, -0.1) is 0 Å². The largest absolute Gasteiger partial charge is 0.494 e. The van der Waals surface area contributed by atoms with E-state index in [4.69, 9.17) is 10.5 Å². The van der Waals surface area contributed by atoms with E-state index in [1.165, 1.54) is 7.11 Å². The summed E-state index contributed by atoms with van der Waals surface area (Å²) < 4.78 is 10.1. The Morgan fingerprint density at radius 3 is 2.35 bits per heavy atom. The van der Waals surface area contributed by atoms with Gasteiger partial charge >= 0.3 is 5.97 Å². The first-order valence-corrected chi connectivity index (χ1v) is 7.60. The fourth-order valence-electron chi connectivity index (χ4n) is 1.76. The van der Waals surface area contributed by atoms with E-state index in [0.29, 0.717) is 30.9 Å². The number of amides is 1. The Morgan fingerprint density at radius 1 is 1.22 bits per heavy atom. The highest BCUT2D eigenvalue weighted by atomic mass is 16.5. The first kappa shape index (κ1) is 19.0. The molecular weight excluding hydrogens is 296 g/mol. The lowest BCUT2D eigenvalue weighted by molar-refractivity contribution is -0.140. The molecular formula is C17H26N2O4. The van der Waals surface area contributed by atoms with Crippen molar-refractivity contribution in [2.45, 2.75) is 39.7 Å². The molecule has 6 nitrogen and oxygen atoms in total. The summed E-state index contributed by atoms with van der Waals surface area (Å²) in [6.07, 6.45) is 0.918. The number of esters is 1. The number of nitrogens with two attached hydrogens (primary N) is 1. The van der Waals surface area contributed by atoms with Crippen molar-refractivity contribution >= 4 is 17.6 Å². The quantitative estimate of drug-likeness (QED) is 0.594. The minimum absolute atomic E-state index is 0.218. The number of anilines is 1. The Morgan fingerprint density at radius 2 is 1.83 bits per heavy atom. The van der Waals surface area contributed by atoms with Crippen LogP contribution in [0.25, 0.3) is 0 Å². The van der Waals surface area contributed by atoms with Crippen LogP contribution in [0.15, 0.2) is 24.3 Å². The second kappa shape index (κ2) is 8.53. The highest BCUT2D eigenvalue weighted by Crippen LogP contribution is 2.20. The van der Waals surface area contributed by atoms with Gasteiger partial charge in [0.1, 0.15) is 5.75 Å². The molecule has 3 N–H and O–H groups in total. The lowest BCUT2D eigenvalue weighted by atomic mass is 9.87. The van der Waals surface area contributed by atoms with E-state index in [9.17, 15) is 9.59 Å². The van der Waals surface area contributed by atoms with Crippen molar-refractivity contribution in [2.75, 3.05) is 19.0 Å². The molecule has 0 radical (unpaired) electrons. The zero-order valence-electron chi connectivity index (χ0n) is 14.2. The molecule has 1 aromatic rings. The van der Waals surface area contributed by atoms with Gasteiger partial charge in [-0.1, -0.05) is 20.8 Å². The van der Waals surface area contributed by atoms with Gasteiger partial charge < -0.3 is 20.5 Å². The monoisotopic (exact) mass is 322 g/mol. The maximum atomic E-state index is 12.0. The van der Waals surface area contributed by atoms with E-state index in [-0.39, 0.29) is 17.3 Å². The van der Waals surface area contributed by atoms with Crippen LogP contribution < -0.4 is 15.8 Å². The molecule has 0 bridgehead atoms. The van der Waals surface area contributed by atoms with Crippen LogP contribution in [0.4, 0.5) is 5.69 Å². The molecule has 1 atom stereocenters. The molecule has 0 aliphatic heterocycles. The fourth-order valence-corrected chi connectivity index (χ4v) is 1.76. The minimum atomic E-state index is -0.586. The van der Waals surface area contributed by atoms with Crippen LogP contribution in [0.5, 0.6) is 5.75 Å². The number of carbonyl (C=O) groups excluding carboxylic acids is 2. The molecule has 0 saturated heterocycles. The molecule has 0 aliphatic rings. The predicted molar refractivity (Wildman–Crippen MR) is 89.2 cm³/mol. The van der Waals surface area contributed by atoms with Gasteiger partial charge in [-0.05, 0) is 36.1 Å². The van der Waals surface area contributed by atoms with Crippen molar-refractivity contribution in [1.82, 2.24) is 0 Å². The van der Waals surface area contributed by atoms with E-state index in [1.807, 2.05) is 20.8 Å². The van der Waals surface area contributed by atoms with Gasteiger partial charge in [-0.25, -0.2) is 0 Å². The molecule has 0 aliphatic carbocycles. The van der Waals surface area contributed by atoms with Crippen LogP contribution in [0.2, 0.25) is 0 Å². The van der Waals surface area contributed by atoms with Crippen LogP contribution in [-0.2, 0) is 14.3 Å². The summed E-state index contributed by atoms with van der Waals surface area (Å²) in [5.74, 6) is 0.207. The van der Waals surface area contributed by atoms with Crippen LogP contribution >= 0.6 is 0 Å². The van der Waals surface area contributed by atoms with E-state index >= 15 is 0 Å². The number of hydrogen-bond donors (Lipinski definition) is 2. The highest BCUT2D eigenvalue weighted by molar-refractivity contribution is 5.95. The topological polar surface area (TPSA) is 90.6 Å². The summed E-state index contributed by atoms with van der Waals surface area (Å²) in [5.41, 5.74) is 6.28. The van der Waals surface area contributed by atoms with Crippen molar-refractivity contribution in [2.24, 2.45) is 11.1 Å². The van der Waals surface area contributed by atoms with Crippen LogP contribution in [0.1, 0.15) is 33.6 Å². The minimum Gasteiger partial charge on any atom is -0.494 e. The van der Waals surface area contributed by atoms with Crippen LogP contribution in [0, 0.1) is 5.41 Å². The number of methoxy groups -OCH3 is 1. The fraction of sp³-hybridized carbons (Fsp3) is 0.529. The third-order valence-corrected chi connectivity index (χ3v) is 3.36. The lowest BCUT2D eigenvalue weighted by Crippen LogP contribution is -2.45. The van der Waals surface area contributed by atoms with Crippen molar-refractivity contribution < 1.29 is 19.1 Å². The van der Waals surface area contributed by atoms with Crippen LogP contribution in [0.3, 0.4) is 0 Å². The van der Waals surface area contributed by atoms with Gasteiger partial charge in [0, 0.05) is 12.1 Å². The third-order valence-electron chi connectivity index (χ3n) is 3.36. The van der Waals surface area contributed by atoms with Gasteiger partial charge in [0.25, 0.3) is 0 Å². The van der Waals surface area contributed by atoms with E-state index in [0.717, 1.165) is 0 Å². The number of rotatable bonds is 7. The van der Waals surface area contributed by atoms with Gasteiger partial charge in [0.05, 0.1) is 19.8 Å². The van der Waals surface area contributed by atoms with Gasteiger partial charge in [-0.3, -0.25) is 9.59 Å². The number of carbonyl (C=O) groups is 2. The van der Waals surface area contributed by atoms with Gasteiger partial charge in [0.15, 0.2) is 0 Å². The number of benzene rings is 1. The van der Waals surface area contributed by atoms with Crippen LogP contribution in [-0.4, -0.2) is 31.6 Å². The molecule has 0 saturated carbocycles. The SMILES string of the molecule is COC(=O)CCCOc1ccc(NC(=O)[C@@H](N)C(C)(C)C)cc1. The molecule has 6 heteroatoms. The molecule has 0 unspecified atom stereocenters. The molecule has 1 aromatic carbocycles. The molecule has 128 valence electrons. The molecule has 0 spiro atoms. The number of ether oxygens (including phenoxy) is 2. The average molecular weight is 322 g/mol. The van der Waals surface area contributed by atoms with Crippen molar-refractivity contribution in [1.29, 1.82) is 0 Å². The molecule has 1 amide bonds. The maximum absolute atomic E-state index is 12.0. The summed E-state index contributed by atoms with van der Waals surface area (Å²) in [5, 5.41) is 2.78. The Balaban J connectivity index is 2.44. The van der Waals surface area contributed by atoms with Gasteiger partial charge in [0.2, 0.25) is 5.91 Å². The highest BCUT2D eigenvalue weighted by Gasteiger charge is 2.27. The summed E-state index contributed by atoms with van der Waals surface area (Å²) >= 11 is 0.